The molecule has 18 heavy (non-hydrogen) atoms. The summed E-state index contributed by atoms with van der Waals surface area (Å²) in [5.41, 5.74) is 2.01. The van der Waals surface area contributed by atoms with Crippen LogP contribution in [0.5, 0.6) is 5.75 Å². The molecule has 1 atom stereocenters. The normalized spacial score (nSPS) is 16.3. The Morgan fingerprint density at radius 1 is 1.50 bits per heavy atom. The van der Waals surface area contributed by atoms with Gasteiger partial charge in [-0.15, -0.1) is 0 Å². The fourth-order valence-corrected chi connectivity index (χ4v) is 2.44. The number of benzene rings is 1. The Hall–Kier alpha value is -0.810. The van der Waals surface area contributed by atoms with Crippen molar-refractivity contribution >= 4 is 11.6 Å². The summed E-state index contributed by atoms with van der Waals surface area (Å²) in [4.78, 5) is 2.04. The Balaban J connectivity index is 2.19. The van der Waals surface area contributed by atoms with Gasteiger partial charge in [-0.1, -0.05) is 11.6 Å². The van der Waals surface area contributed by atoms with Crippen molar-refractivity contribution in [2.45, 2.75) is 26.2 Å². The molecule has 2 rings (SSSR count). The van der Waals surface area contributed by atoms with Crippen LogP contribution in [0, 0.1) is 0 Å². The molecule has 0 saturated heterocycles. The number of rotatable bonds is 4. The average molecular weight is 272 g/mol. The van der Waals surface area contributed by atoms with E-state index in [1.54, 1.807) is 6.92 Å². The molecule has 1 N–H and O–H groups in total. The number of aliphatic hydroxyl groups is 1. The van der Waals surface area contributed by atoms with Crippen molar-refractivity contribution in [3.8, 4) is 5.75 Å². The van der Waals surface area contributed by atoms with Gasteiger partial charge in [-0.3, -0.25) is 4.90 Å². The van der Waals surface area contributed by atoms with Crippen molar-refractivity contribution < 1.29 is 14.6 Å². The fourth-order valence-electron chi connectivity index (χ4n) is 2.18. The lowest BCUT2D eigenvalue weighted by molar-refractivity contribution is -0.0175. The van der Waals surface area contributed by atoms with E-state index in [0.717, 1.165) is 16.9 Å². The molecule has 0 spiro atoms. The lowest BCUT2D eigenvalue weighted by Crippen LogP contribution is -2.27. The van der Waals surface area contributed by atoms with Crippen LogP contribution in [0.25, 0.3) is 0 Å². The summed E-state index contributed by atoms with van der Waals surface area (Å²) in [5.74, 6) is 0.864. The summed E-state index contributed by atoms with van der Waals surface area (Å²) < 4.78 is 10.8. The van der Waals surface area contributed by atoms with E-state index in [2.05, 4.69) is 0 Å². The van der Waals surface area contributed by atoms with Gasteiger partial charge >= 0.3 is 0 Å². The van der Waals surface area contributed by atoms with Crippen molar-refractivity contribution in [2.75, 3.05) is 20.4 Å². The van der Waals surface area contributed by atoms with Gasteiger partial charge in [0.15, 0.2) is 6.79 Å². The summed E-state index contributed by atoms with van der Waals surface area (Å²) in [7, 11) is 1.96. The molecule has 5 heteroatoms. The highest BCUT2D eigenvalue weighted by Crippen LogP contribution is 2.32. The molecule has 1 aromatic rings. The van der Waals surface area contributed by atoms with Crippen molar-refractivity contribution in [1.29, 1.82) is 0 Å². The van der Waals surface area contributed by atoms with Crippen LogP contribution in [0.2, 0.25) is 5.02 Å². The highest BCUT2D eigenvalue weighted by atomic mass is 35.5. The molecule has 1 unspecified atom stereocenters. The van der Waals surface area contributed by atoms with Crippen LogP contribution in [0.4, 0.5) is 0 Å². The van der Waals surface area contributed by atoms with E-state index in [1.807, 2.05) is 24.1 Å². The summed E-state index contributed by atoms with van der Waals surface area (Å²) in [6.45, 7) is 3.88. The second-order valence-electron chi connectivity index (χ2n) is 4.71. The summed E-state index contributed by atoms with van der Waals surface area (Å²) in [5, 5.41) is 10.1. The number of hydrogen-bond acceptors (Lipinski definition) is 4. The van der Waals surface area contributed by atoms with E-state index in [0.29, 0.717) is 24.7 Å². The van der Waals surface area contributed by atoms with Gasteiger partial charge in [-0.25, -0.2) is 0 Å². The van der Waals surface area contributed by atoms with Gasteiger partial charge in [0.05, 0.1) is 12.7 Å². The smallest absolute Gasteiger partial charge is 0.189 e. The Morgan fingerprint density at radius 2 is 2.28 bits per heavy atom. The molecule has 1 aliphatic rings. The van der Waals surface area contributed by atoms with Crippen LogP contribution in [-0.4, -0.2) is 36.5 Å². The molecular weight excluding hydrogens is 254 g/mol. The van der Waals surface area contributed by atoms with Crippen LogP contribution in [0.3, 0.4) is 0 Å². The molecular formula is C13H18ClNO3. The first-order chi connectivity index (χ1) is 8.56. The lowest BCUT2D eigenvalue weighted by Gasteiger charge is -2.24. The van der Waals surface area contributed by atoms with Gasteiger partial charge in [-0.2, -0.15) is 0 Å². The third-order valence-corrected chi connectivity index (χ3v) is 2.99. The highest BCUT2D eigenvalue weighted by molar-refractivity contribution is 6.30. The summed E-state index contributed by atoms with van der Waals surface area (Å²) >= 11 is 6.09. The monoisotopic (exact) mass is 271 g/mol. The Bertz CT molecular complexity index is 423. The fraction of sp³-hybridized carbons (Fsp3) is 0.538. The highest BCUT2D eigenvalue weighted by Gasteiger charge is 2.17. The molecule has 1 aliphatic heterocycles. The number of likely N-dealkylation sites (N-methyl/N-ethyl adjacent to an activating group) is 1. The van der Waals surface area contributed by atoms with Gasteiger partial charge in [0, 0.05) is 29.2 Å². The van der Waals surface area contributed by atoms with Crippen LogP contribution in [-0.2, 0) is 17.9 Å². The molecule has 1 aromatic carbocycles. The largest absolute Gasteiger partial charge is 0.467 e. The molecule has 0 fully saturated rings. The number of halogens is 1. The maximum absolute atomic E-state index is 9.37. The molecule has 0 bridgehead atoms. The minimum atomic E-state index is -0.353. The molecule has 0 saturated carbocycles. The molecule has 0 radical (unpaired) electrons. The number of aliphatic hydroxyl groups excluding tert-OH is 1. The summed E-state index contributed by atoms with van der Waals surface area (Å²) in [6, 6.07) is 3.78. The zero-order valence-corrected chi connectivity index (χ0v) is 11.4. The Labute approximate surface area is 112 Å². The van der Waals surface area contributed by atoms with Crippen molar-refractivity contribution in [3.05, 3.63) is 28.3 Å². The van der Waals surface area contributed by atoms with Crippen LogP contribution < -0.4 is 4.74 Å². The van der Waals surface area contributed by atoms with Crippen LogP contribution in [0.15, 0.2) is 12.1 Å². The van der Waals surface area contributed by atoms with Crippen LogP contribution in [0.1, 0.15) is 18.1 Å². The first-order valence-corrected chi connectivity index (χ1v) is 6.32. The molecule has 0 aliphatic carbocycles. The third kappa shape index (κ3) is 3.36. The zero-order chi connectivity index (χ0) is 13.1. The van der Waals surface area contributed by atoms with E-state index in [1.165, 1.54) is 0 Å². The molecule has 1 heterocycles. The van der Waals surface area contributed by atoms with Crippen molar-refractivity contribution in [3.63, 3.8) is 0 Å². The Kier molecular flexibility index (Phi) is 4.45. The van der Waals surface area contributed by atoms with Gasteiger partial charge in [-0.05, 0) is 26.1 Å². The first-order valence-electron chi connectivity index (χ1n) is 5.94. The standard InChI is InChI=1S/C13H18ClNO3/c1-9(16)5-15(2)6-10-3-12(14)4-11-7-17-8-18-13(10)11/h3-4,9,16H,5-8H2,1-2H3. The number of fused-ring (bicyclic) bond motifs is 1. The van der Waals surface area contributed by atoms with Crippen LogP contribution >= 0.6 is 11.6 Å². The minimum absolute atomic E-state index is 0.280. The number of nitrogens with zero attached hydrogens (tertiary/aromatic N) is 1. The predicted octanol–water partition coefficient (Wildman–Crippen LogP) is 2.02. The second-order valence-corrected chi connectivity index (χ2v) is 5.15. The summed E-state index contributed by atoms with van der Waals surface area (Å²) in [6.07, 6.45) is -0.353. The SMILES string of the molecule is CC(O)CN(C)Cc1cc(Cl)cc2c1OCOC2. The average Bonchev–Trinajstić information content (AvgIpc) is 2.27. The first kappa shape index (κ1) is 13.6. The van der Waals surface area contributed by atoms with E-state index in [9.17, 15) is 5.11 Å². The van der Waals surface area contributed by atoms with Crippen molar-refractivity contribution in [2.24, 2.45) is 0 Å². The van der Waals surface area contributed by atoms with Gasteiger partial charge in [0.25, 0.3) is 0 Å². The molecule has 0 amide bonds. The maximum Gasteiger partial charge on any atom is 0.189 e. The quantitative estimate of drug-likeness (QED) is 0.910. The van der Waals surface area contributed by atoms with E-state index in [4.69, 9.17) is 21.1 Å². The topological polar surface area (TPSA) is 41.9 Å². The van der Waals surface area contributed by atoms with E-state index in [-0.39, 0.29) is 12.9 Å². The van der Waals surface area contributed by atoms with Crippen molar-refractivity contribution in [1.82, 2.24) is 4.90 Å². The van der Waals surface area contributed by atoms with Gasteiger partial charge in [0.2, 0.25) is 0 Å². The predicted molar refractivity (Wildman–Crippen MR) is 69.8 cm³/mol. The number of hydrogen-bond donors (Lipinski definition) is 1. The third-order valence-electron chi connectivity index (χ3n) is 2.77. The molecule has 4 nitrogen and oxygen atoms in total. The maximum atomic E-state index is 9.37. The van der Waals surface area contributed by atoms with Gasteiger partial charge in [0.1, 0.15) is 5.75 Å². The van der Waals surface area contributed by atoms with E-state index < -0.39 is 0 Å². The lowest BCUT2D eigenvalue weighted by atomic mass is 10.1. The van der Waals surface area contributed by atoms with Gasteiger partial charge < -0.3 is 14.6 Å². The second kappa shape index (κ2) is 5.89. The molecule has 100 valence electrons. The zero-order valence-electron chi connectivity index (χ0n) is 10.6. The Morgan fingerprint density at radius 3 is 3.00 bits per heavy atom. The van der Waals surface area contributed by atoms with E-state index >= 15 is 0 Å². The number of ether oxygens (including phenoxy) is 2. The minimum Gasteiger partial charge on any atom is -0.467 e. The molecule has 0 aromatic heterocycles.